The molecule has 8 heteroatoms. The molecule has 19 heavy (non-hydrogen) atoms. The Morgan fingerprint density at radius 3 is 1.79 bits per heavy atom. The lowest BCUT2D eigenvalue weighted by Gasteiger charge is -2.06. The largest absolute Gasteiger partial charge is 0.288 e. The molecule has 1 heterocycles. The smallest absolute Gasteiger partial charge is 0.201 e. The first-order valence-electron chi connectivity index (χ1n) is 4.64. The Hall–Kier alpha value is -1.28. The predicted octanol–water partition coefficient (Wildman–Crippen LogP) is 4.44. The molecule has 0 aliphatic heterocycles. The van der Waals surface area contributed by atoms with Crippen molar-refractivity contribution in [2.75, 3.05) is 0 Å². The molecule has 0 fully saturated rings. The van der Waals surface area contributed by atoms with E-state index in [1.165, 1.54) is 10.8 Å². The topological polar surface area (TPSA) is 17.1 Å². The third kappa shape index (κ3) is 2.18. The van der Waals surface area contributed by atoms with Gasteiger partial charge in [0, 0.05) is 20.8 Å². The number of rotatable bonds is 2. The van der Waals surface area contributed by atoms with Crippen molar-refractivity contribution in [1.29, 1.82) is 0 Å². The number of carbonyl (C=O) groups is 1. The van der Waals surface area contributed by atoms with Crippen molar-refractivity contribution in [2.24, 2.45) is 0 Å². The summed E-state index contributed by atoms with van der Waals surface area (Å²) in [4.78, 5) is 11.8. The van der Waals surface area contributed by atoms with Gasteiger partial charge in [-0.25, -0.2) is 22.0 Å². The predicted molar refractivity (Wildman–Crippen MR) is 61.7 cm³/mol. The highest BCUT2D eigenvalue weighted by Gasteiger charge is 2.31. The third-order valence-electron chi connectivity index (χ3n) is 2.30. The molecule has 0 N–H and O–H groups in total. The first-order chi connectivity index (χ1) is 8.86. The highest BCUT2D eigenvalue weighted by atomic mass is 79.9. The maximum absolute atomic E-state index is 13.4. The van der Waals surface area contributed by atoms with E-state index in [-0.39, 0.29) is 10.0 Å². The number of halogens is 6. The van der Waals surface area contributed by atoms with Crippen molar-refractivity contribution in [2.45, 2.75) is 0 Å². The van der Waals surface area contributed by atoms with Crippen LogP contribution >= 0.6 is 27.3 Å². The van der Waals surface area contributed by atoms with E-state index in [0.717, 1.165) is 11.3 Å². The molecular weight excluding hydrogens is 355 g/mol. The molecule has 0 unspecified atom stereocenters. The van der Waals surface area contributed by atoms with Gasteiger partial charge in [-0.15, -0.1) is 0 Å². The van der Waals surface area contributed by atoms with E-state index in [9.17, 15) is 26.7 Å². The fraction of sp³-hybridized carbons (Fsp3) is 0. The number of ketones is 1. The molecule has 2 aromatic rings. The molecule has 0 radical (unpaired) electrons. The molecular formula is C11H2BrF5OS. The van der Waals surface area contributed by atoms with Crippen LogP contribution < -0.4 is 0 Å². The molecule has 0 saturated heterocycles. The lowest BCUT2D eigenvalue weighted by Crippen LogP contribution is -2.13. The van der Waals surface area contributed by atoms with Crippen molar-refractivity contribution in [3.8, 4) is 0 Å². The van der Waals surface area contributed by atoms with Gasteiger partial charge in [-0.3, -0.25) is 4.79 Å². The summed E-state index contributed by atoms with van der Waals surface area (Å²) in [6, 6.07) is 0. The summed E-state index contributed by atoms with van der Waals surface area (Å²) in [5.74, 6) is -12.1. The van der Waals surface area contributed by atoms with Gasteiger partial charge in [0.05, 0.1) is 0 Å². The standard InChI is InChI=1S/C11H2BrF5OS/c12-4-2-19-1-3(4)11(18)5-6(13)8(15)10(17)9(16)7(5)14/h1-2H. The van der Waals surface area contributed by atoms with Crippen LogP contribution in [0.2, 0.25) is 0 Å². The maximum atomic E-state index is 13.4. The van der Waals surface area contributed by atoms with Crippen molar-refractivity contribution in [3.63, 3.8) is 0 Å². The fourth-order valence-electron chi connectivity index (χ4n) is 1.38. The van der Waals surface area contributed by atoms with Crippen LogP contribution in [0.4, 0.5) is 22.0 Å². The van der Waals surface area contributed by atoms with Gasteiger partial charge in [0.25, 0.3) is 0 Å². The zero-order valence-electron chi connectivity index (χ0n) is 8.74. The Labute approximate surface area is 115 Å². The van der Waals surface area contributed by atoms with E-state index >= 15 is 0 Å². The zero-order valence-corrected chi connectivity index (χ0v) is 11.1. The van der Waals surface area contributed by atoms with E-state index in [1.807, 2.05) is 0 Å². The first kappa shape index (κ1) is 14.1. The second-order valence-electron chi connectivity index (χ2n) is 3.41. The summed E-state index contributed by atoms with van der Waals surface area (Å²) in [6.45, 7) is 0. The van der Waals surface area contributed by atoms with Crippen LogP contribution in [0, 0.1) is 29.1 Å². The number of hydrogen-bond acceptors (Lipinski definition) is 2. The molecule has 0 atom stereocenters. The SMILES string of the molecule is O=C(c1cscc1Br)c1c(F)c(F)c(F)c(F)c1F. The van der Waals surface area contributed by atoms with Crippen LogP contribution in [-0.4, -0.2) is 5.78 Å². The molecule has 0 spiro atoms. The second-order valence-corrected chi connectivity index (χ2v) is 5.01. The minimum absolute atomic E-state index is 0.173. The molecule has 0 aliphatic rings. The molecule has 1 aromatic carbocycles. The number of benzene rings is 1. The Bertz CT molecular complexity index is 653. The Morgan fingerprint density at radius 1 is 0.895 bits per heavy atom. The van der Waals surface area contributed by atoms with Crippen molar-refractivity contribution in [1.82, 2.24) is 0 Å². The Morgan fingerprint density at radius 2 is 1.37 bits per heavy atom. The third-order valence-corrected chi connectivity index (χ3v) is 4.00. The molecule has 2 rings (SSSR count). The van der Waals surface area contributed by atoms with E-state index in [1.54, 1.807) is 0 Å². The number of hydrogen-bond donors (Lipinski definition) is 0. The van der Waals surface area contributed by atoms with Crippen LogP contribution in [0.15, 0.2) is 15.2 Å². The summed E-state index contributed by atoms with van der Waals surface area (Å²) >= 11 is 3.99. The average Bonchev–Trinajstić information content (AvgIpc) is 2.80. The quantitative estimate of drug-likeness (QED) is 0.336. The second kappa shape index (κ2) is 5.01. The van der Waals surface area contributed by atoms with Crippen molar-refractivity contribution >= 4 is 33.0 Å². The summed E-state index contributed by atoms with van der Waals surface area (Å²) in [5, 5.41) is 2.68. The summed E-state index contributed by atoms with van der Waals surface area (Å²) in [5.41, 5.74) is -1.64. The lowest BCUT2D eigenvalue weighted by atomic mass is 10.0. The van der Waals surface area contributed by atoms with Crippen LogP contribution in [0.25, 0.3) is 0 Å². The van der Waals surface area contributed by atoms with E-state index in [2.05, 4.69) is 15.9 Å². The van der Waals surface area contributed by atoms with Gasteiger partial charge < -0.3 is 0 Å². The monoisotopic (exact) mass is 356 g/mol. The van der Waals surface area contributed by atoms with Gasteiger partial charge in [-0.2, -0.15) is 11.3 Å². The van der Waals surface area contributed by atoms with Gasteiger partial charge >= 0.3 is 0 Å². The normalized spacial score (nSPS) is 10.8. The first-order valence-corrected chi connectivity index (χ1v) is 6.37. The van der Waals surface area contributed by atoms with Crippen LogP contribution in [0.3, 0.4) is 0 Å². The highest BCUT2D eigenvalue weighted by Crippen LogP contribution is 2.29. The Kier molecular flexibility index (Phi) is 3.73. The molecule has 100 valence electrons. The number of thiophene rings is 1. The van der Waals surface area contributed by atoms with Gasteiger partial charge in [-0.05, 0) is 15.9 Å². The van der Waals surface area contributed by atoms with E-state index < -0.39 is 40.4 Å². The van der Waals surface area contributed by atoms with Crippen LogP contribution in [-0.2, 0) is 0 Å². The average molecular weight is 357 g/mol. The van der Waals surface area contributed by atoms with Gasteiger partial charge in [0.15, 0.2) is 23.3 Å². The molecule has 1 aromatic heterocycles. The molecule has 0 bridgehead atoms. The van der Waals surface area contributed by atoms with Gasteiger partial charge in [0.1, 0.15) is 5.56 Å². The fourth-order valence-corrected chi connectivity index (χ4v) is 2.84. The summed E-state index contributed by atoms with van der Waals surface area (Å²) < 4.78 is 65.9. The zero-order chi connectivity index (χ0) is 14.3. The van der Waals surface area contributed by atoms with Crippen molar-refractivity contribution < 1.29 is 26.7 Å². The van der Waals surface area contributed by atoms with Gasteiger partial charge in [-0.1, -0.05) is 0 Å². The maximum Gasteiger partial charge on any atom is 0.201 e. The highest BCUT2D eigenvalue weighted by molar-refractivity contribution is 9.10. The summed E-state index contributed by atoms with van der Waals surface area (Å²) in [6.07, 6.45) is 0. The van der Waals surface area contributed by atoms with E-state index in [0.29, 0.717) is 0 Å². The van der Waals surface area contributed by atoms with Crippen LogP contribution in [0.1, 0.15) is 15.9 Å². The van der Waals surface area contributed by atoms with Crippen molar-refractivity contribution in [3.05, 3.63) is 55.4 Å². The summed E-state index contributed by atoms with van der Waals surface area (Å²) in [7, 11) is 0. The van der Waals surface area contributed by atoms with E-state index in [4.69, 9.17) is 0 Å². The van der Waals surface area contributed by atoms with Gasteiger partial charge in [0.2, 0.25) is 11.6 Å². The van der Waals surface area contributed by atoms with Crippen LogP contribution in [0.5, 0.6) is 0 Å². The molecule has 0 amide bonds. The number of carbonyl (C=O) groups excluding carboxylic acids is 1. The molecule has 0 saturated carbocycles. The lowest BCUT2D eigenvalue weighted by molar-refractivity contribution is 0.102. The minimum atomic E-state index is -2.30. The Balaban J connectivity index is 2.71. The minimum Gasteiger partial charge on any atom is -0.288 e. The molecule has 0 aliphatic carbocycles. The molecule has 1 nitrogen and oxygen atoms in total.